The van der Waals surface area contributed by atoms with Gasteiger partial charge < -0.3 is 15.2 Å². The SMILES string of the molecule is C=CC1CC(O)(C(c2ccc(Cl)cc2)c2cc3cc(Br)ccc3nc2OC)CCN1. The molecule has 0 amide bonds. The summed E-state index contributed by atoms with van der Waals surface area (Å²) in [7, 11) is 1.62. The molecule has 6 heteroatoms. The van der Waals surface area contributed by atoms with E-state index in [0.717, 1.165) is 26.5 Å². The first-order valence-corrected chi connectivity index (χ1v) is 11.1. The summed E-state index contributed by atoms with van der Waals surface area (Å²) < 4.78 is 6.68. The zero-order valence-electron chi connectivity index (χ0n) is 16.7. The van der Waals surface area contributed by atoms with E-state index in [4.69, 9.17) is 21.3 Å². The van der Waals surface area contributed by atoms with Crippen molar-refractivity contribution in [1.29, 1.82) is 0 Å². The van der Waals surface area contributed by atoms with Crippen molar-refractivity contribution in [2.24, 2.45) is 0 Å². The van der Waals surface area contributed by atoms with Gasteiger partial charge in [0.1, 0.15) is 0 Å². The number of hydrogen-bond acceptors (Lipinski definition) is 4. The Morgan fingerprint density at radius 3 is 2.77 bits per heavy atom. The number of rotatable bonds is 5. The van der Waals surface area contributed by atoms with Crippen LogP contribution in [0.2, 0.25) is 5.02 Å². The molecule has 0 spiro atoms. The number of piperidine rings is 1. The van der Waals surface area contributed by atoms with Gasteiger partial charge in [-0.1, -0.05) is 45.7 Å². The van der Waals surface area contributed by atoms with Gasteiger partial charge in [0.2, 0.25) is 5.88 Å². The van der Waals surface area contributed by atoms with Crippen molar-refractivity contribution in [3.63, 3.8) is 0 Å². The number of hydrogen-bond donors (Lipinski definition) is 2. The monoisotopic (exact) mass is 486 g/mol. The van der Waals surface area contributed by atoms with Crippen LogP contribution in [0.3, 0.4) is 0 Å². The Morgan fingerprint density at radius 1 is 1.30 bits per heavy atom. The second-order valence-corrected chi connectivity index (χ2v) is 9.11. The van der Waals surface area contributed by atoms with Crippen LogP contribution in [0.25, 0.3) is 10.9 Å². The largest absolute Gasteiger partial charge is 0.481 e. The van der Waals surface area contributed by atoms with Crippen molar-refractivity contribution in [2.75, 3.05) is 13.7 Å². The zero-order valence-corrected chi connectivity index (χ0v) is 19.1. The first-order valence-electron chi connectivity index (χ1n) is 9.91. The second kappa shape index (κ2) is 8.67. The van der Waals surface area contributed by atoms with E-state index >= 15 is 0 Å². The maximum absolute atomic E-state index is 11.9. The van der Waals surface area contributed by atoms with Crippen LogP contribution in [0.5, 0.6) is 5.88 Å². The van der Waals surface area contributed by atoms with E-state index in [2.05, 4.69) is 33.9 Å². The molecular formula is C24H24BrClN2O2. The third-order valence-corrected chi connectivity index (χ3v) is 6.58. The number of methoxy groups -OCH3 is 1. The molecule has 3 aromatic rings. The zero-order chi connectivity index (χ0) is 21.3. The van der Waals surface area contributed by atoms with Gasteiger partial charge in [-0.15, -0.1) is 6.58 Å². The maximum atomic E-state index is 11.9. The summed E-state index contributed by atoms with van der Waals surface area (Å²) in [6.45, 7) is 4.62. The Bertz CT molecular complexity index is 1070. The van der Waals surface area contributed by atoms with Crippen LogP contribution in [-0.4, -0.2) is 35.4 Å². The summed E-state index contributed by atoms with van der Waals surface area (Å²) in [5.41, 5.74) is 1.68. The Labute approximate surface area is 190 Å². The third-order valence-electron chi connectivity index (χ3n) is 5.84. The minimum Gasteiger partial charge on any atom is -0.481 e. The van der Waals surface area contributed by atoms with Gasteiger partial charge in [0.25, 0.3) is 0 Å². The Morgan fingerprint density at radius 2 is 2.07 bits per heavy atom. The standard InChI is InChI=1S/C24H24BrClN2O2/c1-3-19-14-24(29,10-11-27-19)22(15-4-7-18(26)8-5-15)20-13-16-12-17(25)6-9-21(16)28-23(20)30-2/h3-9,12-13,19,22,27,29H,1,10-11,14H2,2H3. The van der Waals surface area contributed by atoms with Gasteiger partial charge in [0, 0.05) is 32.4 Å². The summed E-state index contributed by atoms with van der Waals surface area (Å²) in [6, 6.07) is 15.7. The van der Waals surface area contributed by atoms with E-state index in [9.17, 15) is 5.11 Å². The van der Waals surface area contributed by atoms with Crippen LogP contribution in [0.1, 0.15) is 29.9 Å². The number of fused-ring (bicyclic) bond motifs is 1. The molecule has 2 heterocycles. The van der Waals surface area contributed by atoms with Crippen LogP contribution in [-0.2, 0) is 0 Å². The predicted molar refractivity (Wildman–Crippen MR) is 125 cm³/mol. The number of halogens is 2. The van der Waals surface area contributed by atoms with E-state index in [-0.39, 0.29) is 12.0 Å². The van der Waals surface area contributed by atoms with Gasteiger partial charge >= 0.3 is 0 Å². The van der Waals surface area contributed by atoms with Crippen LogP contribution in [0, 0.1) is 0 Å². The molecule has 156 valence electrons. The van der Waals surface area contributed by atoms with Gasteiger partial charge in [-0.05, 0) is 61.3 Å². The van der Waals surface area contributed by atoms with Gasteiger partial charge in [-0.2, -0.15) is 0 Å². The lowest BCUT2D eigenvalue weighted by atomic mass is 9.71. The lowest BCUT2D eigenvalue weighted by molar-refractivity contribution is -0.0136. The average Bonchev–Trinajstić information content (AvgIpc) is 2.74. The highest BCUT2D eigenvalue weighted by atomic mass is 79.9. The lowest BCUT2D eigenvalue weighted by Crippen LogP contribution is -2.50. The van der Waals surface area contributed by atoms with E-state index in [1.54, 1.807) is 7.11 Å². The highest BCUT2D eigenvalue weighted by molar-refractivity contribution is 9.10. The van der Waals surface area contributed by atoms with Crippen molar-refractivity contribution in [3.05, 3.63) is 81.8 Å². The van der Waals surface area contributed by atoms with E-state index < -0.39 is 5.60 Å². The number of aliphatic hydroxyl groups is 1. The molecule has 1 fully saturated rings. The van der Waals surface area contributed by atoms with Crippen LogP contribution in [0.4, 0.5) is 0 Å². The second-order valence-electron chi connectivity index (χ2n) is 7.76. The number of nitrogens with one attached hydrogen (secondary N) is 1. The van der Waals surface area contributed by atoms with E-state index in [1.165, 1.54) is 0 Å². The topological polar surface area (TPSA) is 54.4 Å². The summed E-state index contributed by atoms with van der Waals surface area (Å²) in [4.78, 5) is 4.75. The summed E-state index contributed by atoms with van der Waals surface area (Å²) in [5, 5.41) is 17.0. The number of ether oxygens (including phenoxy) is 1. The fourth-order valence-electron chi connectivity index (χ4n) is 4.41. The Balaban J connectivity index is 1.93. The van der Waals surface area contributed by atoms with Crippen LogP contribution < -0.4 is 10.1 Å². The predicted octanol–water partition coefficient (Wildman–Crippen LogP) is 5.46. The Hall–Kier alpha value is -1.92. The molecule has 4 nitrogen and oxygen atoms in total. The molecule has 30 heavy (non-hydrogen) atoms. The molecule has 2 aromatic carbocycles. The fourth-order valence-corrected chi connectivity index (χ4v) is 4.91. The van der Waals surface area contributed by atoms with E-state index in [1.807, 2.05) is 48.5 Å². The molecular weight excluding hydrogens is 464 g/mol. The fraction of sp³-hybridized carbons (Fsp3) is 0.292. The molecule has 1 aromatic heterocycles. The van der Waals surface area contributed by atoms with Crippen molar-refractivity contribution >= 4 is 38.4 Å². The summed E-state index contributed by atoms with van der Waals surface area (Å²) >= 11 is 9.70. The molecule has 2 N–H and O–H groups in total. The molecule has 0 aliphatic carbocycles. The van der Waals surface area contributed by atoms with Gasteiger partial charge in [0.15, 0.2) is 0 Å². The average molecular weight is 488 g/mol. The summed E-state index contributed by atoms with van der Waals surface area (Å²) in [5.74, 6) is 0.192. The van der Waals surface area contributed by atoms with Crippen molar-refractivity contribution in [3.8, 4) is 5.88 Å². The minimum atomic E-state index is -0.993. The number of aromatic nitrogens is 1. The molecule has 0 saturated carbocycles. The van der Waals surface area contributed by atoms with Crippen molar-refractivity contribution in [2.45, 2.75) is 30.4 Å². The first-order chi connectivity index (χ1) is 14.4. The molecule has 0 bridgehead atoms. The highest BCUT2D eigenvalue weighted by Crippen LogP contribution is 2.45. The maximum Gasteiger partial charge on any atom is 0.217 e. The molecule has 4 rings (SSSR count). The van der Waals surface area contributed by atoms with Gasteiger partial charge in [0.05, 0.1) is 18.2 Å². The van der Waals surface area contributed by atoms with Crippen LogP contribution >= 0.6 is 27.5 Å². The van der Waals surface area contributed by atoms with Crippen LogP contribution in [0.15, 0.2) is 65.7 Å². The molecule has 3 atom stereocenters. The number of benzene rings is 2. The van der Waals surface area contributed by atoms with Crippen molar-refractivity contribution in [1.82, 2.24) is 10.3 Å². The van der Waals surface area contributed by atoms with E-state index in [0.29, 0.717) is 30.3 Å². The highest BCUT2D eigenvalue weighted by Gasteiger charge is 2.43. The first kappa shape index (κ1) is 21.3. The molecule has 1 aliphatic heterocycles. The minimum absolute atomic E-state index is 0.0344. The normalized spacial score (nSPS) is 22.6. The molecule has 1 saturated heterocycles. The number of pyridine rings is 1. The quantitative estimate of drug-likeness (QED) is 0.469. The van der Waals surface area contributed by atoms with Crippen molar-refractivity contribution < 1.29 is 9.84 Å². The third kappa shape index (κ3) is 4.12. The molecule has 3 unspecified atom stereocenters. The van der Waals surface area contributed by atoms with Gasteiger partial charge in [-0.3, -0.25) is 0 Å². The number of nitrogens with zero attached hydrogens (tertiary/aromatic N) is 1. The lowest BCUT2D eigenvalue weighted by Gasteiger charge is -2.43. The smallest absolute Gasteiger partial charge is 0.217 e. The molecule has 1 aliphatic rings. The van der Waals surface area contributed by atoms with Gasteiger partial charge in [-0.25, -0.2) is 4.98 Å². The molecule has 0 radical (unpaired) electrons. The summed E-state index contributed by atoms with van der Waals surface area (Å²) in [6.07, 6.45) is 3.00. The Kier molecular flexibility index (Phi) is 6.16.